The van der Waals surface area contributed by atoms with Crippen LogP contribution in [-0.4, -0.2) is 12.1 Å². The number of hydrogen-bond acceptors (Lipinski definition) is 2. The lowest BCUT2D eigenvalue weighted by molar-refractivity contribution is -0.145. The minimum absolute atomic E-state index is 0.0631. The number of carbonyl (C=O) groups excluding carboxylic acids is 1. The SMILES string of the molecule is Cc1c(COC(=O)CC2C(/C=C(\Cl)C(F)(F)F)C2(C)C)cccc1-c1ccccc1. The second-order valence-electron chi connectivity index (χ2n) is 8.29. The normalized spacial score (nSPS) is 20.7. The van der Waals surface area contributed by atoms with E-state index in [2.05, 4.69) is 0 Å². The maximum Gasteiger partial charge on any atom is 0.426 e. The smallest absolute Gasteiger partial charge is 0.426 e. The minimum atomic E-state index is -4.56. The van der Waals surface area contributed by atoms with E-state index >= 15 is 0 Å². The zero-order chi connectivity index (χ0) is 22.1. The fraction of sp³-hybridized carbons (Fsp3) is 0.375. The molecule has 2 unspecified atom stereocenters. The summed E-state index contributed by atoms with van der Waals surface area (Å²) in [4.78, 5) is 12.4. The summed E-state index contributed by atoms with van der Waals surface area (Å²) in [5.74, 6) is -1.04. The van der Waals surface area contributed by atoms with Gasteiger partial charge in [0.15, 0.2) is 0 Å². The number of rotatable bonds is 6. The number of hydrogen-bond donors (Lipinski definition) is 0. The van der Waals surface area contributed by atoms with Gasteiger partial charge < -0.3 is 4.74 Å². The molecule has 0 aromatic heterocycles. The van der Waals surface area contributed by atoms with E-state index < -0.39 is 28.5 Å². The summed E-state index contributed by atoms with van der Waals surface area (Å²) < 4.78 is 43.5. The third kappa shape index (κ3) is 4.89. The van der Waals surface area contributed by atoms with Gasteiger partial charge in [0.1, 0.15) is 11.6 Å². The Morgan fingerprint density at radius 2 is 1.80 bits per heavy atom. The maximum atomic E-state index is 12.7. The van der Waals surface area contributed by atoms with Gasteiger partial charge >= 0.3 is 12.1 Å². The Kier molecular flexibility index (Phi) is 6.32. The van der Waals surface area contributed by atoms with Crippen LogP contribution in [0.2, 0.25) is 0 Å². The van der Waals surface area contributed by atoms with Crippen molar-refractivity contribution in [2.45, 2.75) is 40.0 Å². The largest absolute Gasteiger partial charge is 0.461 e. The van der Waals surface area contributed by atoms with Gasteiger partial charge in [0.25, 0.3) is 0 Å². The topological polar surface area (TPSA) is 26.3 Å². The summed E-state index contributed by atoms with van der Waals surface area (Å²) in [6.07, 6.45) is -3.48. The Morgan fingerprint density at radius 3 is 2.43 bits per heavy atom. The molecule has 0 saturated heterocycles. The van der Waals surface area contributed by atoms with Crippen molar-refractivity contribution >= 4 is 17.6 Å². The summed E-state index contributed by atoms with van der Waals surface area (Å²) in [5.41, 5.74) is 3.66. The van der Waals surface area contributed by atoms with Crippen molar-refractivity contribution in [1.29, 1.82) is 0 Å². The number of halogens is 4. The fourth-order valence-electron chi connectivity index (χ4n) is 3.93. The van der Waals surface area contributed by atoms with Crippen LogP contribution >= 0.6 is 11.6 Å². The van der Waals surface area contributed by atoms with Crippen LogP contribution < -0.4 is 0 Å². The average molecular weight is 437 g/mol. The predicted molar refractivity (Wildman–Crippen MR) is 112 cm³/mol. The van der Waals surface area contributed by atoms with E-state index in [1.165, 1.54) is 0 Å². The van der Waals surface area contributed by atoms with Crippen molar-refractivity contribution < 1.29 is 22.7 Å². The molecule has 0 radical (unpaired) electrons. The molecule has 1 saturated carbocycles. The van der Waals surface area contributed by atoms with E-state index in [4.69, 9.17) is 16.3 Å². The number of ether oxygens (including phenoxy) is 1. The number of benzene rings is 2. The zero-order valence-corrected chi connectivity index (χ0v) is 17.8. The van der Waals surface area contributed by atoms with Gasteiger partial charge in [-0.05, 0) is 46.4 Å². The van der Waals surface area contributed by atoms with Crippen molar-refractivity contribution in [3.63, 3.8) is 0 Å². The van der Waals surface area contributed by atoms with Gasteiger partial charge in [0.2, 0.25) is 0 Å². The van der Waals surface area contributed by atoms with Gasteiger partial charge in [0.05, 0.1) is 0 Å². The van der Waals surface area contributed by atoms with Crippen molar-refractivity contribution in [3.05, 3.63) is 70.8 Å². The third-order valence-electron chi connectivity index (χ3n) is 6.04. The van der Waals surface area contributed by atoms with E-state index in [0.717, 1.165) is 28.3 Å². The van der Waals surface area contributed by atoms with Crippen LogP contribution in [0.5, 0.6) is 0 Å². The molecule has 1 aliphatic carbocycles. The zero-order valence-electron chi connectivity index (χ0n) is 17.1. The molecular formula is C24H24ClF3O2. The lowest BCUT2D eigenvalue weighted by Gasteiger charge is -2.12. The highest BCUT2D eigenvalue weighted by Crippen LogP contribution is 2.61. The highest BCUT2D eigenvalue weighted by molar-refractivity contribution is 6.30. The first-order valence-electron chi connectivity index (χ1n) is 9.76. The first-order chi connectivity index (χ1) is 14.0. The molecule has 6 heteroatoms. The molecule has 2 aromatic carbocycles. The van der Waals surface area contributed by atoms with Crippen LogP contribution in [0.15, 0.2) is 59.6 Å². The Hall–Kier alpha value is -2.27. The Labute approximate surface area is 179 Å². The van der Waals surface area contributed by atoms with E-state index in [1.54, 1.807) is 0 Å². The second kappa shape index (κ2) is 8.46. The molecule has 3 rings (SSSR count). The summed E-state index contributed by atoms with van der Waals surface area (Å²) in [6, 6.07) is 15.8. The molecule has 0 aliphatic heterocycles. The van der Waals surface area contributed by atoms with Gasteiger partial charge in [-0.15, -0.1) is 0 Å². The lowest BCUT2D eigenvalue weighted by Crippen LogP contribution is -2.08. The van der Waals surface area contributed by atoms with E-state index in [1.807, 2.05) is 69.3 Å². The molecule has 0 heterocycles. The first kappa shape index (κ1) is 22.4. The lowest BCUT2D eigenvalue weighted by atomic mass is 9.97. The number of carbonyl (C=O) groups is 1. The molecule has 0 N–H and O–H groups in total. The first-order valence-corrected chi connectivity index (χ1v) is 10.1. The van der Waals surface area contributed by atoms with Gasteiger partial charge in [-0.3, -0.25) is 4.79 Å². The van der Waals surface area contributed by atoms with Crippen LogP contribution in [-0.2, 0) is 16.1 Å². The van der Waals surface area contributed by atoms with E-state index in [-0.39, 0.29) is 18.9 Å². The Morgan fingerprint density at radius 1 is 1.13 bits per heavy atom. The summed E-state index contributed by atoms with van der Waals surface area (Å²) in [6.45, 7) is 5.78. The van der Waals surface area contributed by atoms with E-state index in [0.29, 0.717) is 0 Å². The van der Waals surface area contributed by atoms with Gasteiger partial charge in [-0.1, -0.05) is 80.1 Å². The molecule has 160 valence electrons. The predicted octanol–water partition coefficient (Wildman–Crippen LogP) is 7.05. The highest BCUT2D eigenvalue weighted by Gasteiger charge is 2.57. The fourth-order valence-corrected chi connectivity index (χ4v) is 4.06. The number of alkyl halides is 3. The quantitative estimate of drug-likeness (QED) is 0.453. The Balaban J connectivity index is 1.62. The molecule has 30 heavy (non-hydrogen) atoms. The van der Waals surface area contributed by atoms with Crippen LogP contribution in [0, 0.1) is 24.2 Å². The van der Waals surface area contributed by atoms with Gasteiger partial charge in [0, 0.05) is 6.42 Å². The molecule has 1 aliphatic rings. The Bertz CT molecular complexity index is 949. The molecule has 0 amide bonds. The standard InChI is InChI=1S/C24H24ClF3O2/c1-15-17(10-7-11-18(15)16-8-5-4-6-9-16)14-30-22(29)13-20-19(23(20,2)3)12-21(25)24(26,27)28/h4-12,19-20H,13-14H2,1-3H3/b21-12-. The average Bonchev–Trinajstić information content (AvgIpc) is 3.19. The monoisotopic (exact) mass is 436 g/mol. The van der Waals surface area contributed by atoms with Crippen molar-refractivity contribution in [1.82, 2.24) is 0 Å². The summed E-state index contributed by atoms with van der Waals surface area (Å²) >= 11 is 5.36. The summed E-state index contributed by atoms with van der Waals surface area (Å²) in [5, 5.41) is -1.13. The van der Waals surface area contributed by atoms with E-state index in [9.17, 15) is 18.0 Å². The molecule has 0 bridgehead atoms. The maximum absolute atomic E-state index is 12.7. The molecule has 0 spiro atoms. The van der Waals surface area contributed by atoms with Crippen LogP contribution in [0.1, 0.15) is 31.4 Å². The van der Waals surface area contributed by atoms with Crippen LogP contribution in [0.3, 0.4) is 0 Å². The third-order valence-corrected chi connectivity index (χ3v) is 6.38. The van der Waals surface area contributed by atoms with Crippen molar-refractivity contribution in [3.8, 4) is 11.1 Å². The van der Waals surface area contributed by atoms with Crippen molar-refractivity contribution in [2.75, 3.05) is 0 Å². The molecule has 1 fully saturated rings. The van der Waals surface area contributed by atoms with Crippen LogP contribution in [0.4, 0.5) is 13.2 Å². The number of esters is 1. The molecule has 2 aromatic rings. The molecule has 2 nitrogen and oxygen atoms in total. The minimum Gasteiger partial charge on any atom is -0.461 e. The second-order valence-corrected chi connectivity index (χ2v) is 8.69. The molecular weight excluding hydrogens is 413 g/mol. The van der Waals surface area contributed by atoms with Gasteiger partial charge in [-0.2, -0.15) is 13.2 Å². The highest BCUT2D eigenvalue weighted by atomic mass is 35.5. The molecule has 2 atom stereocenters. The number of allylic oxidation sites excluding steroid dienone is 2. The van der Waals surface area contributed by atoms with Gasteiger partial charge in [-0.25, -0.2) is 0 Å². The summed E-state index contributed by atoms with van der Waals surface area (Å²) in [7, 11) is 0. The van der Waals surface area contributed by atoms with Crippen LogP contribution in [0.25, 0.3) is 11.1 Å². The van der Waals surface area contributed by atoms with Crippen molar-refractivity contribution in [2.24, 2.45) is 17.3 Å².